The van der Waals surface area contributed by atoms with Crippen LogP contribution in [0.2, 0.25) is 4.34 Å². The molecule has 0 amide bonds. The minimum Gasteiger partial charge on any atom is -0.465 e. The molecule has 1 saturated heterocycles. The van der Waals surface area contributed by atoms with Crippen molar-refractivity contribution in [2.24, 2.45) is 0 Å². The summed E-state index contributed by atoms with van der Waals surface area (Å²) in [6, 6.07) is 1.71. The van der Waals surface area contributed by atoms with Crippen LogP contribution in [0.4, 0.5) is 0 Å². The Morgan fingerprint density at radius 2 is 2.50 bits per heavy atom. The monoisotopic (exact) mass is 389 g/mol. The number of rotatable bonds is 6. The highest BCUT2D eigenvalue weighted by molar-refractivity contribution is 7.98. The number of ether oxygens (including phenoxy) is 2. The molecule has 130 valence electrons. The lowest BCUT2D eigenvalue weighted by Gasteiger charge is -2.10. The molecule has 2 aromatic heterocycles. The van der Waals surface area contributed by atoms with Crippen LogP contribution in [0, 0.1) is 0 Å². The zero-order valence-corrected chi connectivity index (χ0v) is 15.3. The second kappa shape index (κ2) is 7.73. The van der Waals surface area contributed by atoms with E-state index in [1.54, 1.807) is 10.6 Å². The first-order valence-electron chi connectivity index (χ1n) is 7.34. The fourth-order valence-corrected chi connectivity index (χ4v) is 4.72. The van der Waals surface area contributed by atoms with Crippen molar-refractivity contribution in [2.75, 3.05) is 13.7 Å². The van der Waals surface area contributed by atoms with Gasteiger partial charge in [-0.25, -0.2) is 14.7 Å². The number of carbonyl (C=O) groups excluding carboxylic acids is 1. The van der Waals surface area contributed by atoms with Crippen LogP contribution in [0.25, 0.3) is 0 Å². The molecule has 7 nitrogen and oxygen atoms in total. The summed E-state index contributed by atoms with van der Waals surface area (Å²) >= 11 is 8.74. The van der Waals surface area contributed by atoms with Gasteiger partial charge in [0.15, 0.2) is 5.16 Å². The molecule has 2 aromatic rings. The van der Waals surface area contributed by atoms with E-state index in [0.717, 1.165) is 25.0 Å². The van der Waals surface area contributed by atoms with E-state index in [4.69, 9.17) is 21.1 Å². The Balaban J connectivity index is 1.70. The van der Waals surface area contributed by atoms with Gasteiger partial charge in [-0.05, 0) is 24.5 Å². The van der Waals surface area contributed by atoms with Gasteiger partial charge in [0.1, 0.15) is 4.88 Å². The van der Waals surface area contributed by atoms with Gasteiger partial charge in [-0.1, -0.05) is 23.4 Å². The topological polar surface area (TPSA) is 86.2 Å². The Bertz CT molecular complexity index is 779. The molecule has 0 aromatic carbocycles. The summed E-state index contributed by atoms with van der Waals surface area (Å²) < 4.78 is 12.4. The molecule has 0 saturated carbocycles. The maximum atomic E-state index is 11.9. The predicted octanol–water partition coefficient (Wildman–Crippen LogP) is 2.54. The maximum absolute atomic E-state index is 11.9. The van der Waals surface area contributed by atoms with Crippen LogP contribution in [0.3, 0.4) is 0 Å². The molecule has 3 heterocycles. The standard InChI is InChI=1S/C14H16ClN3O4S2/c1-21-12(19)10-5-8(11(15)24-10)7-23-14-17-16-13(20)18(14)6-9-3-2-4-22-9/h5,9H,2-4,6-7H2,1H3,(H,16,20). The highest BCUT2D eigenvalue weighted by Crippen LogP contribution is 2.32. The van der Waals surface area contributed by atoms with Crippen LogP contribution in [0.5, 0.6) is 0 Å². The average Bonchev–Trinajstić information content (AvgIpc) is 3.29. The molecule has 0 radical (unpaired) electrons. The lowest BCUT2D eigenvalue weighted by molar-refractivity contribution is 0.0606. The Labute approximate surface area is 151 Å². The highest BCUT2D eigenvalue weighted by Gasteiger charge is 2.20. The third-order valence-corrected chi connectivity index (χ3v) is 6.08. The number of thiophene rings is 1. The fourth-order valence-electron chi connectivity index (χ4n) is 2.41. The molecule has 1 fully saturated rings. The number of halogens is 1. The Morgan fingerprint density at radius 3 is 3.21 bits per heavy atom. The quantitative estimate of drug-likeness (QED) is 0.603. The summed E-state index contributed by atoms with van der Waals surface area (Å²) in [6.07, 6.45) is 2.01. The third-order valence-electron chi connectivity index (χ3n) is 3.63. The molecular weight excluding hydrogens is 374 g/mol. The van der Waals surface area contributed by atoms with E-state index >= 15 is 0 Å². The van der Waals surface area contributed by atoms with Gasteiger partial charge >= 0.3 is 11.7 Å². The van der Waals surface area contributed by atoms with E-state index < -0.39 is 5.97 Å². The molecule has 0 aliphatic carbocycles. The number of thioether (sulfide) groups is 1. The van der Waals surface area contributed by atoms with Crippen molar-refractivity contribution in [2.45, 2.75) is 36.4 Å². The molecule has 1 unspecified atom stereocenters. The van der Waals surface area contributed by atoms with Crippen LogP contribution in [0.15, 0.2) is 16.0 Å². The Kier molecular flexibility index (Phi) is 5.65. The van der Waals surface area contributed by atoms with Gasteiger partial charge in [-0.3, -0.25) is 4.57 Å². The number of hydrogen-bond acceptors (Lipinski definition) is 7. The maximum Gasteiger partial charge on any atom is 0.348 e. The summed E-state index contributed by atoms with van der Waals surface area (Å²) in [5.74, 6) is 0.0931. The first-order valence-corrected chi connectivity index (χ1v) is 9.52. The summed E-state index contributed by atoms with van der Waals surface area (Å²) in [4.78, 5) is 23.9. The van der Waals surface area contributed by atoms with E-state index in [9.17, 15) is 9.59 Å². The highest BCUT2D eigenvalue weighted by atomic mass is 35.5. The van der Waals surface area contributed by atoms with E-state index in [-0.39, 0.29) is 11.8 Å². The normalized spacial score (nSPS) is 17.3. The molecule has 1 N–H and O–H groups in total. The number of aromatic amines is 1. The van der Waals surface area contributed by atoms with Crippen LogP contribution in [0.1, 0.15) is 28.1 Å². The Morgan fingerprint density at radius 1 is 1.67 bits per heavy atom. The largest absolute Gasteiger partial charge is 0.465 e. The first-order chi connectivity index (χ1) is 11.6. The lowest BCUT2D eigenvalue weighted by atomic mass is 10.2. The number of methoxy groups -OCH3 is 1. The molecule has 3 rings (SSSR count). The number of nitrogens with one attached hydrogen (secondary N) is 1. The second-order valence-electron chi connectivity index (χ2n) is 5.25. The number of hydrogen-bond donors (Lipinski definition) is 1. The number of aromatic nitrogens is 3. The molecule has 0 spiro atoms. The number of nitrogens with zero attached hydrogens (tertiary/aromatic N) is 2. The summed E-state index contributed by atoms with van der Waals surface area (Å²) in [5.41, 5.74) is 0.561. The lowest BCUT2D eigenvalue weighted by Crippen LogP contribution is -2.24. The predicted molar refractivity (Wildman–Crippen MR) is 92.1 cm³/mol. The van der Waals surface area contributed by atoms with E-state index in [2.05, 4.69) is 10.2 Å². The van der Waals surface area contributed by atoms with Gasteiger partial charge < -0.3 is 9.47 Å². The minimum absolute atomic E-state index is 0.0512. The molecule has 1 aliphatic heterocycles. The molecule has 1 aliphatic rings. The average molecular weight is 390 g/mol. The van der Waals surface area contributed by atoms with Gasteiger partial charge in [-0.2, -0.15) is 0 Å². The molecule has 0 bridgehead atoms. The van der Waals surface area contributed by atoms with Crippen molar-refractivity contribution in [3.63, 3.8) is 0 Å². The molecule has 1 atom stereocenters. The molecular formula is C14H16ClN3O4S2. The van der Waals surface area contributed by atoms with Crippen molar-refractivity contribution >= 4 is 40.7 Å². The van der Waals surface area contributed by atoms with Crippen molar-refractivity contribution in [1.82, 2.24) is 14.8 Å². The van der Waals surface area contributed by atoms with Crippen molar-refractivity contribution in [3.8, 4) is 0 Å². The van der Waals surface area contributed by atoms with Crippen LogP contribution in [-0.4, -0.2) is 40.6 Å². The van der Waals surface area contributed by atoms with E-state index in [0.29, 0.717) is 26.7 Å². The first kappa shape index (κ1) is 17.5. The number of carbonyl (C=O) groups is 1. The van der Waals surface area contributed by atoms with Crippen LogP contribution >= 0.6 is 34.7 Å². The zero-order valence-electron chi connectivity index (χ0n) is 12.9. The number of H-pyrrole nitrogens is 1. The van der Waals surface area contributed by atoms with Gasteiger partial charge in [-0.15, -0.1) is 16.4 Å². The summed E-state index contributed by atoms with van der Waals surface area (Å²) in [5, 5.41) is 7.11. The second-order valence-corrected chi connectivity index (χ2v) is 7.84. The Hall–Kier alpha value is -1.29. The molecule has 10 heteroatoms. The third kappa shape index (κ3) is 3.85. The molecule has 24 heavy (non-hydrogen) atoms. The van der Waals surface area contributed by atoms with Gasteiger partial charge in [0.25, 0.3) is 0 Å². The SMILES string of the molecule is COC(=O)c1cc(CSc2n[nH]c(=O)n2CC2CCCO2)c(Cl)s1. The van der Waals surface area contributed by atoms with Crippen molar-refractivity contribution < 1.29 is 14.3 Å². The fraction of sp³-hybridized carbons (Fsp3) is 0.500. The van der Waals surface area contributed by atoms with E-state index in [1.807, 2.05) is 0 Å². The minimum atomic E-state index is -0.409. The smallest absolute Gasteiger partial charge is 0.348 e. The van der Waals surface area contributed by atoms with Gasteiger partial charge in [0.2, 0.25) is 0 Å². The van der Waals surface area contributed by atoms with Crippen molar-refractivity contribution in [3.05, 3.63) is 31.3 Å². The van der Waals surface area contributed by atoms with Crippen molar-refractivity contribution in [1.29, 1.82) is 0 Å². The van der Waals surface area contributed by atoms with Gasteiger partial charge in [0.05, 0.1) is 24.1 Å². The van der Waals surface area contributed by atoms with Crippen LogP contribution in [-0.2, 0) is 21.8 Å². The summed E-state index contributed by atoms with van der Waals surface area (Å²) in [6.45, 7) is 1.23. The van der Waals surface area contributed by atoms with Crippen LogP contribution < -0.4 is 5.69 Å². The van der Waals surface area contributed by atoms with Gasteiger partial charge in [0, 0.05) is 12.4 Å². The summed E-state index contributed by atoms with van der Waals surface area (Å²) in [7, 11) is 1.33. The van der Waals surface area contributed by atoms with E-state index in [1.165, 1.54) is 30.2 Å². The number of esters is 1. The zero-order chi connectivity index (χ0) is 17.1.